The van der Waals surface area contributed by atoms with Crippen LogP contribution in [-0.4, -0.2) is 68.5 Å². The topological polar surface area (TPSA) is 108 Å². The molecule has 0 aromatic heterocycles. The zero-order valence-corrected chi connectivity index (χ0v) is 41.5. The second-order valence-electron chi connectivity index (χ2n) is 18.5. The van der Waals surface area contributed by atoms with Crippen molar-refractivity contribution in [1.82, 2.24) is 5.32 Å². The molecule has 0 spiro atoms. The summed E-state index contributed by atoms with van der Waals surface area (Å²) in [5.41, 5.74) is 0. The lowest BCUT2D eigenvalue weighted by molar-refractivity contribution is -0.870. The van der Waals surface area contributed by atoms with E-state index in [4.69, 9.17) is 9.05 Å². The fourth-order valence-electron chi connectivity index (χ4n) is 7.20. The molecule has 358 valence electrons. The van der Waals surface area contributed by atoms with Gasteiger partial charge in [0.2, 0.25) is 5.91 Å². The van der Waals surface area contributed by atoms with Gasteiger partial charge in [-0.1, -0.05) is 204 Å². The third kappa shape index (κ3) is 46.3. The molecule has 2 N–H and O–H groups in total. The molecule has 0 aliphatic rings. The molecule has 3 atom stereocenters. The Balaban J connectivity index is 4.37. The highest BCUT2D eigenvalue weighted by atomic mass is 31.2. The number of nitrogens with zero attached hydrogens (tertiary/aromatic N) is 1. The Kier molecular flexibility index (Phi) is 42.6. The first-order valence-electron chi connectivity index (χ1n) is 25.5. The van der Waals surface area contributed by atoms with E-state index in [1.54, 1.807) is 6.08 Å². The lowest BCUT2D eigenvalue weighted by Crippen LogP contribution is -2.45. The molecule has 0 rings (SSSR count). The van der Waals surface area contributed by atoms with Crippen molar-refractivity contribution in [3.63, 3.8) is 0 Å². The van der Waals surface area contributed by atoms with E-state index in [2.05, 4.69) is 55.6 Å². The number of carbonyl (C=O) groups excluding carboxylic acids is 1. The van der Waals surface area contributed by atoms with Gasteiger partial charge in [0.25, 0.3) is 7.82 Å². The zero-order valence-electron chi connectivity index (χ0n) is 40.6. The van der Waals surface area contributed by atoms with Gasteiger partial charge in [0.15, 0.2) is 0 Å². The van der Waals surface area contributed by atoms with Crippen LogP contribution in [0.15, 0.2) is 48.6 Å². The Morgan fingerprint density at radius 3 is 1.43 bits per heavy atom. The van der Waals surface area contributed by atoms with Crippen LogP contribution in [0, 0.1) is 0 Å². The van der Waals surface area contributed by atoms with Crippen LogP contribution in [0.1, 0.15) is 226 Å². The molecule has 61 heavy (non-hydrogen) atoms. The Hall–Kier alpha value is -1.54. The highest BCUT2D eigenvalue weighted by Crippen LogP contribution is 2.38. The van der Waals surface area contributed by atoms with Crippen LogP contribution in [0.25, 0.3) is 0 Å². The number of likely N-dealkylation sites (N-methyl/N-ethyl adjacent to an activating group) is 1. The van der Waals surface area contributed by atoms with Crippen molar-refractivity contribution in [1.29, 1.82) is 0 Å². The highest BCUT2D eigenvalue weighted by molar-refractivity contribution is 7.45. The van der Waals surface area contributed by atoms with E-state index >= 15 is 0 Å². The molecule has 0 aromatic rings. The molecule has 0 radical (unpaired) electrons. The van der Waals surface area contributed by atoms with Gasteiger partial charge in [0, 0.05) is 6.42 Å². The molecule has 9 heteroatoms. The van der Waals surface area contributed by atoms with Crippen molar-refractivity contribution < 1.29 is 32.9 Å². The molecule has 0 aromatic carbocycles. The SMILES string of the molecule is CCCCCCC/C=C\C/C=C\CCCCCCCCCCCC(=O)NC(COP(=O)([O-])OCC[N+](C)(C)C)C(O)/C=C/CC/C=C/CCCCCCCCCCCCCC. The normalized spacial score (nSPS) is 14.5. The molecule has 8 nitrogen and oxygen atoms in total. The monoisotopic (exact) mass is 879 g/mol. The van der Waals surface area contributed by atoms with E-state index < -0.39 is 26.6 Å². The zero-order chi connectivity index (χ0) is 45.0. The Bertz CT molecular complexity index is 1130. The summed E-state index contributed by atoms with van der Waals surface area (Å²) in [6, 6.07) is -0.906. The maximum Gasteiger partial charge on any atom is 0.268 e. The van der Waals surface area contributed by atoms with Crippen LogP contribution in [-0.2, 0) is 18.4 Å². The largest absolute Gasteiger partial charge is 0.756 e. The maximum atomic E-state index is 12.9. The third-order valence-corrected chi connectivity index (χ3v) is 12.2. The number of allylic oxidation sites excluding steroid dienone is 7. The summed E-state index contributed by atoms with van der Waals surface area (Å²) < 4.78 is 23.3. The number of phosphoric acid groups is 1. The minimum absolute atomic E-state index is 0.00810. The third-order valence-electron chi connectivity index (χ3n) is 11.3. The van der Waals surface area contributed by atoms with Gasteiger partial charge in [-0.3, -0.25) is 9.36 Å². The summed E-state index contributed by atoms with van der Waals surface area (Å²) >= 11 is 0. The van der Waals surface area contributed by atoms with Gasteiger partial charge in [0.1, 0.15) is 13.2 Å². The number of nitrogens with one attached hydrogen (secondary N) is 1. The minimum atomic E-state index is -4.60. The molecule has 0 heterocycles. The van der Waals surface area contributed by atoms with Crippen LogP contribution in [0.3, 0.4) is 0 Å². The number of quaternary nitrogens is 1. The van der Waals surface area contributed by atoms with E-state index in [1.165, 1.54) is 161 Å². The molecule has 0 aliphatic heterocycles. The van der Waals surface area contributed by atoms with Crippen LogP contribution >= 0.6 is 7.82 Å². The van der Waals surface area contributed by atoms with Gasteiger partial charge >= 0.3 is 0 Å². The van der Waals surface area contributed by atoms with Crippen LogP contribution in [0.2, 0.25) is 0 Å². The first-order chi connectivity index (χ1) is 29.5. The Labute approximate surface area is 378 Å². The number of hydrogen-bond donors (Lipinski definition) is 2. The lowest BCUT2D eigenvalue weighted by Gasteiger charge is -2.29. The number of hydrogen-bond acceptors (Lipinski definition) is 6. The number of aliphatic hydroxyl groups is 1. The van der Waals surface area contributed by atoms with Gasteiger partial charge in [-0.25, -0.2) is 0 Å². The number of carbonyl (C=O) groups is 1. The standard InChI is InChI=1S/C52H99N2O6P/c1-6-8-10-12-14-16-18-20-22-24-26-27-28-30-32-34-36-38-40-42-44-46-52(56)53-50(49-60-61(57,58)59-48-47-54(3,4)5)51(55)45-43-41-39-37-35-33-31-29-25-23-21-19-17-15-13-11-9-7-2/h18,20,24,26,35,37,43,45,50-51,55H,6-17,19,21-23,25,27-34,36,38-42,44,46-49H2,1-5H3,(H-,53,56,57,58)/b20-18-,26-24-,37-35+,45-43+. The van der Waals surface area contributed by atoms with Crippen molar-refractivity contribution in [2.45, 2.75) is 238 Å². The van der Waals surface area contributed by atoms with Crippen molar-refractivity contribution in [3.05, 3.63) is 48.6 Å². The van der Waals surface area contributed by atoms with Gasteiger partial charge in [-0.15, -0.1) is 0 Å². The molecular weight excluding hydrogens is 780 g/mol. The van der Waals surface area contributed by atoms with Crippen molar-refractivity contribution in [2.24, 2.45) is 0 Å². The second kappa shape index (κ2) is 43.7. The summed E-state index contributed by atoms with van der Waals surface area (Å²) in [6.07, 6.45) is 55.9. The number of aliphatic hydroxyl groups excluding tert-OH is 1. The number of rotatable bonds is 46. The van der Waals surface area contributed by atoms with Gasteiger partial charge < -0.3 is 28.8 Å². The van der Waals surface area contributed by atoms with E-state index in [0.29, 0.717) is 17.4 Å². The summed E-state index contributed by atoms with van der Waals surface area (Å²) in [6.45, 7) is 4.62. The first-order valence-corrected chi connectivity index (χ1v) is 27.0. The Morgan fingerprint density at radius 1 is 0.574 bits per heavy atom. The van der Waals surface area contributed by atoms with E-state index in [-0.39, 0.29) is 12.5 Å². The molecule has 3 unspecified atom stereocenters. The first kappa shape index (κ1) is 59.5. The minimum Gasteiger partial charge on any atom is -0.756 e. The second-order valence-corrected chi connectivity index (χ2v) is 19.9. The van der Waals surface area contributed by atoms with Crippen molar-refractivity contribution in [3.8, 4) is 0 Å². The van der Waals surface area contributed by atoms with Gasteiger partial charge in [-0.05, 0) is 64.2 Å². The quantitative estimate of drug-likeness (QED) is 0.0273. The predicted octanol–water partition coefficient (Wildman–Crippen LogP) is 14.2. The molecular formula is C52H99N2O6P. The molecule has 0 aliphatic carbocycles. The van der Waals surface area contributed by atoms with Crippen LogP contribution in [0.4, 0.5) is 0 Å². The molecule has 0 saturated heterocycles. The maximum absolute atomic E-state index is 12.9. The summed E-state index contributed by atoms with van der Waals surface area (Å²) in [5.74, 6) is -0.212. The van der Waals surface area contributed by atoms with Crippen LogP contribution < -0.4 is 10.2 Å². The fourth-order valence-corrected chi connectivity index (χ4v) is 7.92. The number of amides is 1. The average molecular weight is 879 g/mol. The van der Waals surface area contributed by atoms with Gasteiger partial charge in [-0.2, -0.15) is 0 Å². The lowest BCUT2D eigenvalue weighted by atomic mass is 10.0. The molecule has 0 saturated carbocycles. The van der Waals surface area contributed by atoms with Crippen molar-refractivity contribution >= 4 is 13.7 Å². The number of phosphoric ester groups is 1. The van der Waals surface area contributed by atoms with E-state index in [1.807, 2.05) is 27.2 Å². The van der Waals surface area contributed by atoms with Crippen molar-refractivity contribution in [2.75, 3.05) is 40.9 Å². The van der Waals surface area contributed by atoms with Crippen LogP contribution in [0.5, 0.6) is 0 Å². The fraction of sp³-hybridized carbons (Fsp3) is 0.827. The Morgan fingerprint density at radius 2 is 0.967 bits per heavy atom. The van der Waals surface area contributed by atoms with E-state index in [9.17, 15) is 19.4 Å². The summed E-state index contributed by atoms with van der Waals surface area (Å²) in [7, 11) is 1.24. The highest BCUT2D eigenvalue weighted by Gasteiger charge is 2.23. The smallest absolute Gasteiger partial charge is 0.268 e. The predicted molar refractivity (Wildman–Crippen MR) is 261 cm³/mol. The number of unbranched alkanes of at least 4 members (excludes halogenated alkanes) is 27. The van der Waals surface area contributed by atoms with Gasteiger partial charge in [0.05, 0.1) is 39.9 Å². The van der Waals surface area contributed by atoms with E-state index in [0.717, 1.165) is 44.9 Å². The molecule has 0 fully saturated rings. The molecule has 0 bridgehead atoms. The average Bonchev–Trinajstić information content (AvgIpc) is 3.21. The summed E-state index contributed by atoms with van der Waals surface area (Å²) in [4.78, 5) is 25.4. The summed E-state index contributed by atoms with van der Waals surface area (Å²) in [5, 5.41) is 13.8. The molecule has 1 amide bonds.